The molecule has 0 fully saturated rings. The molecule has 0 aromatic heterocycles. The number of para-hydroxylation sites is 4. The van der Waals surface area contributed by atoms with Crippen LogP contribution in [0.15, 0.2) is 48.5 Å². The fraction of sp³-hybridized carbons (Fsp3) is 0.417. The van der Waals surface area contributed by atoms with Crippen molar-refractivity contribution in [1.82, 2.24) is 5.32 Å². The molecule has 1 aliphatic rings. The topological polar surface area (TPSA) is 79.9 Å². The van der Waals surface area contributed by atoms with Crippen molar-refractivity contribution in [3.05, 3.63) is 48.5 Å². The monoisotopic (exact) mass is 425 g/mol. The number of rotatable bonds is 9. The molecule has 2 aromatic carbocycles. The summed E-state index contributed by atoms with van der Waals surface area (Å²) in [6.45, 7) is 4.97. The Labute approximate surface area is 183 Å². The van der Waals surface area contributed by atoms with Gasteiger partial charge in [0.2, 0.25) is 5.91 Å². The van der Waals surface area contributed by atoms with Crippen LogP contribution in [-0.4, -0.2) is 44.2 Å². The second kappa shape index (κ2) is 10.7. The Morgan fingerprint density at radius 3 is 2.58 bits per heavy atom. The highest BCUT2D eigenvalue weighted by Crippen LogP contribution is 2.33. The fourth-order valence-corrected chi connectivity index (χ4v) is 3.64. The van der Waals surface area contributed by atoms with Crippen LogP contribution in [0.4, 0.5) is 11.4 Å². The SMILES string of the molecule is CCC(CC)NC(=O)C1CN(CCC(=O)Nc2ccccc2OC)c2ccccc2O1. The van der Waals surface area contributed by atoms with E-state index in [2.05, 4.69) is 24.5 Å². The van der Waals surface area contributed by atoms with Gasteiger partial charge in [0.05, 0.1) is 25.0 Å². The molecule has 2 amide bonds. The van der Waals surface area contributed by atoms with Gasteiger partial charge in [-0.05, 0) is 37.1 Å². The minimum atomic E-state index is -0.618. The molecule has 2 aromatic rings. The van der Waals surface area contributed by atoms with Crippen molar-refractivity contribution in [2.75, 3.05) is 30.4 Å². The molecule has 0 saturated carbocycles. The first kappa shape index (κ1) is 22.5. The van der Waals surface area contributed by atoms with Crippen molar-refractivity contribution in [2.45, 2.75) is 45.3 Å². The molecular weight excluding hydrogens is 394 g/mol. The van der Waals surface area contributed by atoms with Gasteiger partial charge in [-0.25, -0.2) is 0 Å². The lowest BCUT2D eigenvalue weighted by molar-refractivity contribution is -0.128. The standard InChI is InChI=1S/C24H31N3O4/c1-4-17(5-2)25-24(29)22-16-27(19-11-7-9-13-21(19)31-22)15-14-23(28)26-18-10-6-8-12-20(18)30-3/h6-13,17,22H,4-5,14-16H2,1-3H3,(H,25,29)(H,26,28). The maximum atomic E-state index is 12.8. The number of benzene rings is 2. The highest BCUT2D eigenvalue weighted by Gasteiger charge is 2.31. The molecule has 7 nitrogen and oxygen atoms in total. The van der Waals surface area contributed by atoms with Crippen molar-refractivity contribution in [3.63, 3.8) is 0 Å². The third-order valence-corrected chi connectivity index (χ3v) is 5.48. The first-order chi connectivity index (χ1) is 15.0. The number of hydrogen-bond acceptors (Lipinski definition) is 5. The second-order valence-corrected chi connectivity index (χ2v) is 7.54. The summed E-state index contributed by atoms with van der Waals surface area (Å²) in [6.07, 6.45) is 1.40. The van der Waals surface area contributed by atoms with E-state index >= 15 is 0 Å². The van der Waals surface area contributed by atoms with Crippen LogP contribution in [0.5, 0.6) is 11.5 Å². The van der Waals surface area contributed by atoms with E-state index in [1.54, 1.807) is 19.2 Å². The number of nitrogens with one attached hydrogen (secondary N) is 2. The van der Waals surface area contributed by atoms with Crippen molar-refractivity contribution >= 4 is 23.2 Å². The molecule has 0 spiro atoms. The van der Waals surface area contributed by atoms with Crippen LogP contribution >= 0.6 is 0 Å². The van der Waals surface area contributed by atoms with Gasteiger partial charge in [0, 0.05) is 19.0 Å². The van der Waals surface area contributed by atoms with Crippen LogP contribution in [0, 0.1) is 0 Å². The number of fused-ring (bicyclic) bond motifs is 1. The Balaban J connectivity index is 1.66. The van der Waals surface area contributed by atoms with Crippen molar-refractivity contribution in [1.29, 1.82) is 0 Å². The minimum Gasteiger partial charge on any atom is -0.495 e. The lowest BCUT2D eigenvalue weighted by Gasteiger charge is -2.36. The highest BCUT2D eigenvalue weighted by atomic mass is 16.5. The summed E-state index contributed by atoms with van der Waals surface area (Å²) in [5, 5.41) is 5.96. The van der Waals surface area contributed by atoms with Gasteiger partial charge < -0.3 is 25.0 Å². The zero-order valence-corrected chi connectivity index (χ0v) is 18.4. The largest absolute Gasteiger partial charge is 0.495 e. The van der Waals surface area contributed by atoms with E-state index in [0.29, 0.717) is 30.3 Å². The number of anilines is 2. The Hall–Kier alpha value is -3.22. The molecule has 3 rings (SSSR count). The second-order valence-electron chi connectivity index (χ2n) is 7.54. The third kappa shape index (κ3) is 5.69. The molecule has 1 heterocycles. The summed E-state index contributed by atoms with van der Waals surface area (Å²) in [6, 6.07) is 15.0. The van der Waals surface area contributed by atoms with E-state index in [4.69, 9.17) is 9.47 Å². The maximum Gasteiger partial charge on any atom is 0.263 e. The normalized spacial score (nSPS) is 15.1. The van der Waals surface area contributed by atoms with E-state index in [0.717, 1.165) is 18.5 Å². The first-order valence-electron chi connectivity index (χ1n) is 10.8. The Morgan fingerprint density at radius 1 is 1.13 bits per heavy atom. The molecule has 0 aliphatic carbocycles. The minimum absolute atomic E-state index is 0.119. The highest BCUT2D eigenvalue weighted by molar-refractivity contribution is 5.92. The van der Waals surface area contributed by atoms with E-state index in [1.165, 1.54) is 0 Å². The van der Waals surface area contributed by atoms with Gasteiger partial charge in [-0.2, -0.15) is 0 Å². The molecule has 2 N–H and O–H groups in total. The van der Waals surface area contributed by atoms with Gasteiger partial charge in [0.1, 0.15) is 11.5 Å². The first-order valence-corrected chi connectivity index (χ1v) is 10.8. The molecule has 0 saturated heterocycles. The number of ether oxygens (including phenoxy) is 2. The van der Waals surface area contributed by atoms with Crippen LogP contribution in [0.25, 0.3) is 0 Å². The van der Waals surface area contributed by atoms with Gasteiger partial charge in [-0.1, -0.05) is 38.1 Å². The van der Waals surface area contributed by atoms with E-state index < -0.39 is 6.10 Å². The molecule has 0 radical (unpaired) electrons. The van der Waals surface area contributed by atoms with Crippen molar-refractivity contribution < 1.29 is 19.1 Å². The summed E-state index contributed by atoms with van der Waals surface area (Å²) in [5.41, 5.74) is 1.53. The average Bonchev–Trinajstić information content (AvgIpc) is 2.80. The van der Waals surface area contributed by atoms with Crippen LogP contribution in [-0.2, 0) is 9.59 Å². The zero-order valence-electron chi connectivity index (χ0n) is 18.4. The number of amides is 2. The van der Waals surface area contributed by atoms with Gasteiger partial charge in [-0.15, -0.1) is 0 Å². The molecule has 7 heteroatoms. The summed E-state index contributed by atoms with van der Waals surface area (Å²) in [7, 11) is 1.57. The van der Waals surface area contributed by atoms with E-state index in [-0.39, 0.29) is 24.3 Å². The number of carbonyl (C=O) groups excluding carboxylic acids is 2. The van der Waals surface area contributed by atoms with Crippen molar-refractivity contribution in [3.8, 4) is 11.5 Å². The molecule has 1 unspecified atom stereocenters. The van der Waals surface area contributed by atoms with Gasteiger partial charge in [0.25, 0.3) is 5.91 Å². The molecular formula is C24H31N3O4. The number of carbonyl (C=O) groups is 2. The Kier molecular flexibility index (Phi) is 7.76. The average molecular weight is 426 g/mol. The summed E-state index contributed by atoms with van der Waals surface area (Å²) < 4.78 is 11.3. The number of nitrogens with zero attached hydrogens (tertiary/aromatic N) is 1. The number of methoxy groups -OCH3 is 1. The van der Waals surface area contributed by atoms with Crippen LogP contribution in [0.3, 0.4) is 0 Å². The predicted molar refractivity (Wildman–Crippen MR) is 122 cm³/mol. The van der Waals surface area contributed by atoms with Crippen molar-refractivity contribution in [2.24, 2.45) is 0 Å². The molecule has 166 valence electrons. The summed E-state index contributed by atoms with van der Waals surface area (Å²) in [4.78, 5) is 27.4. The zero-order chi connectivity index (χ0) is 22.2. The summed E-state index contributed by atoms with van der Waals surface area (Å²) in [5.74, 6) is 1.03. The molecule has 1 atom stereocenters. The molecule has 1 aliphatic heterocycles. The van der Waals surface area contributed by atoms with Crippen LogP contribution in [0.1, 0.15) is 33.1 Å². The number of hydrogen-bond donors (Lipinski definition) is 2. The third-order valence-electron chi connectivity index (χ3n) is 5.48. The maximum absolute atomic E-state index is 12.8. The molecule has 0 bridgehead atoms. The van der Waals surface area contributed by atoms with Crippen LogP contribution in [0.2, 0.25) is 0 Å². The Bertz CT molecular complexity index is 898. The van der Waals surface area contributed by atoms with Gasteiger partial charge in [0.15, 0.2) is 6.10 Å². The summed E-state index contributed by atoms with van der Waals surface area (Å²) >= 11 is 0. The molecule has 31 heavy (non-hydrogen) atoms. The lowest BCUT2D eigenvalue weighted by atomic mass is 10.1. The lowest BCUT2D eigenvalue weighted by Crippen LogP contribution is -2.51. The fourth-order valence-electron chi connectivity index (χ4n) is 3.64. The quantitative estimate of drug-likeness (QED) is 0.642. The smallest absolute Gasteiger partial charge is 0.263 e. The Morgan fingerprint density at radius 2 is 1.84 bits per heavy atom. The van der Waals surface area contributed by atoms with Crippen LogP contribution < -0.4 is 25.0 Å². The van der Waals surface area contributed by atoms with Gasteiger partial charge in [-0.3, -0.25) is 9.59 Å². The van der Waals surface area contributed by atoms with E-state index in [9.17, 15) is 9.59 Å². The predicted octanol–water partition coefficient (Wildman–Crippen LogP) is 3.60. The van der Waals surface area contributed by atoms with Gasteiger partial charge >= 0.3 is 0 Å². The van der Waals surface area contributed by atoms with E-state index in [1.807, 2.05) is 41.3 Å².